The Morgan fingerprint density at radius 3 is 2.36 bits per heavy atom. The van der Waals surface area contributed by atoms with Crippen molar-refractivity contribution in [1.29, 1.82) is 0 Å². The smallest absolute Gasteiger partial charge is 0.0190 e. The van der Waals surface area contributed by atoms with Crippen LogP contribution < -0.4 is 0 Å². The van der Waals surface area contributed by atoms with E-state index >= 15 is 0 Å². The van der Waals surface area contributed by atoms with Crippen LogP contribution in [0.25, 0.3) is 5.57 Å². The highest BCUT2D eigenvalue weighted by Crippen LogP contribution is 2.16. The first kappa shape index (κ1) is 10.8. The summed E-state index contributed by atoms with van der Waals surface area (Å²) < 4.78 is 0. The van der Waals surface area contributed by atoms with E-state index in [1.54, 1.807) is 0 Å². The van der Waals surface area contributed by atoms with Crippen LogP contribution in [-0.4, -0.2) is 0 Å². The maximum Gasteiger partial charge on any atom is -0.0190 e. The Labute approximate surface area is 87.0 Å². The standard InChI is InChI=1S/C14H18/c1-5-11(2)10-13(4)14-8-6-12(3)7-9-14/h6-10H,4-5H2,1-3H3/b11-10-. The molecule has 0 spiro atoms. The van der Waals surface area contributed by atoms with Crippen molar-refractivity contribution in [2.24, 2.45) is 0 Å². The van der Waals surface area contributed by atoms with Crippen molar-refractivity contribution >= 4 is 5.57 Å². The van der Waals surface area contributed by atoms with E-state index in [0.717, 1.165) is 12.0 Å². The molecule has 0 heteroatoms. The number of aryl methyl sites for hydroxylation is 1. The summed E-state index contributed by atoms with van der Waals surface area (Å²) in [7, 11) is 0. The largest absolute Gasteiger partial charge is 0.0912 e. The first-order valence-electron chi connectivity index (χ1n) is 5.06. The van der Waals surface area contributed by atoms with Gasteiger partial charge in [0.1, 0.15) is 0 Å². The van der Waals surface area contributed by atoms with Crippen molar-refractivity contribution in [3.63, 3.8) is 0 Å². The monoisotopic (exact) mass is 186 g/mol. The third-order valence-corrected chi connectivity index (χ3v) is 2.40. The van der Waals surface area contributed by atoms with Crippen LogP contribution in [-0.2, 0) is 0 Å². The maximum absolute atomic E-state index is 4.07. The minimum Gasteiger partial charge on any atom is -0.0912 e. The summed E-state index contributed by atoms with van der Waals surface area (Å²) in [5.74, 6) is 0. The fourth-order valence-corrected chi connectivity index (χ4v) is 1.25. The average Bonchev–Trinajstić information content (AvgIpc) is 2.18. The van der Waals surface area contributed by atoms with Crippen LogP contribution in [0.2, 0.25) is 0 Å². The normalized spacial score (nSPS) is 11.5. The van der Waals surface area contributed by atoms with Crippen LogP contribution in [0.3, 0.4) is 0 Å². The third kappa shape index (κ3) is 2.88. The second kappa shape index (κ2) is 4.80. The predicted molar refractivity (Wildman–Crippen MR) is 64.3 cm³/mol. The highest BCUT2D eigenvalue weighted by atomic mass is 14.0. The van der Waals surface area contributed by atoms with Gasteiger partial charge in [-0.05, 0) is 31.4 Å². The van der Waals surface area contributed by atoms with Gasteiger partial charge in [0.15, 0.2) is 0 Å². The van der Waals surface area contributed by atoms with E-state index in [-0.39, 0.29) is 0 Å². The molecule has 0 aromatic heterocycles. The van der Waals surface area contributed by atoms with Crippen LogP contribution in [0.1, 0.15) is 31.4 Å². The molecule has 0 radical (unpaired) electrons. The highest BCUT2D eigenvalue weighted by molar-refractivity contribution is 5.72. The minimum absolute atomic E-state index is 1.09. The third-order valence-electron chi connectivity index (χ3n) is 2.40. The van der Waals surface area contributed by atoms with Gasteiger partial charge in [-0.3, -0.25) is 0 Å². The zero-order chi connectivity index (χ0) is 10.6. The zero-order valence-electron chi connectivity index (χ0n) is 9.30. The number of benzene rings is 1. The van der Waals surface area contributed by atoms with Gasteiger partial charge in [-0.15, -0.1) is 0 Å². The molecular formula is C14H18. The number of rotatable bonds is 3. The molecule has 0 nitrogen and oxygen atoms in total. The topological polar surface area (TPSA) is 0 Å². The molecular weight excluding hydrogens is 168 g/mol. The zero-order valence-corrected chi connectivity index (χ0v) is 9.30. The van der Waals surface area contributed by atoms with Gasteiger partial charge < -0.3 is 0 Å². The fourth-order valence-electron chi connectivity index (χ4n) is 1.25. The molecule has 0 atom stereocenters. The Bertz CT molecular complexity index is 339. The molecule has 0 aliphatic heterocycles. The molecule has 0 saturated heterocycles. The second-order valence-corrected chi connectivity index (χ2v) is 3.74. The van der Waals surface area contributed by atoms with Crippen LogP contribution in [0.5, 0.6) is 0 Å². The van der Waals surface area contributed by atoms with Crippen molar-refractivity contribution in [3.05, 3.63) is 53.6 Å². The molecule has 1 rings (SSSR count). The molecule has 1 aromatic carbocycles. The van der Waals surface area contributed by atoms with Gasteiger partial charge in [0, 0.05) is 0 Å². The summed E-state index contributed by atoms with van der Waals surface area (Å²) >= 11 is 0. The first-order chi connectivity index (χ1) is 6.63. The first-order valence-corrected chi connectivity index (χ1v) is 5.06. The summed E-state index contributed by atoms with van der Waals surface area (Å²) in [6, 6.07) is 8.49. The van der Waals surface area contributed by atoms with Crippen LogP contribution >= 0.6 is 0 Å². The van der Waals surface area contributed by atoms with E-state index in [2.05, 4.69) is 57.7 Å². The summed E-state index contributed by atoms with van der Waals surface area (Å²) in [6.45, 7) is 10.5. The molecule has 14 heavy (non-hydrogen) atoms. The minimum atomic E-state index is 1.09. The lowest BCUT2D eigenvalue weighted by Gasteiger charge is -2.02. The fraction of sp³-hybridized carbons (Fsp3) is 0.286. The average molecular weight is 186 g/mol. The van der Waals surface area contributed by atoms with Gasteiger partial charge in [-0.2, -0.15) is 0 Å². The van der Waals surface area contributed by atoms with Crippen molar-refractivity contribution in [2.75, 3.05) is 0 Å². The Hall–Kier alpha value is -1.30. The molecule has 0 heterocycles. The highest BCUT2D eigenvalue weighted by Gasteiger charge is 1.95. The van der Waals surface area contributed by atoms with E-state index in [1.165, 1.54) is 16.7 Å². The van der Waals surface area contributed by atoms with Crippen LogP contribution in [0, 0.1) is 6.92 Å². The summed E-state index contributed by atoms with van der Waals surface area (Å²) in [6.07, 6.45) is 3.25. The molecule has 0 saturated carbocycles. The molecule has 0 unspecified atom stereocenters. The summed E-state index contributed by atoms with van der Waals surface area (Å²) in [5, 5.41) is 0. The molecule has 0 bridgehead atoms. The van der Waals surface area contributed by atoms with Gasteiger partial charge in [0.05, 0.1) is 0 Å². The predicted octanol–water partition coefficient (Wildman–Crippen LogP) is 4.36. The van der Waals surface area contributed by atoms with Crippen LogP contribution in [0.15, 0.2) is 42.5 Å². The lowest BCUT2D eigenvalue weighted by molar-refractivity contribution is 1.10. The molecule has 0 fully saturated rings. The van der Waals surface area contributed by atoms with Gasteiger partial charge in [0.25, 0.3) is 0 Å². The van der Waals surface area contributed by atoms with Crippen LogP contribution in [0.4, 0.5) is 0 Å². The molecule has 0 aliphatic rings. The van der Waals surface area contributed by atoms with Crippen molar-refractivity contribution in [2.45, 2.75) is 27.2 Å². The number of allylic oxidation sites excluding steroid dienone is 3. The Balaban J connectivity index is 2.85. The van der Waals surface area contributed by atoms with Gasteiger partial charge in [-0.1, -0.05) is 55.0 Å². The van der Waals surface area contributed by atoms with Gasteiger partial charge in [-0.25, -0.2) is 0 Å². The van der Waals surface area contributed by atoms with E-state index in [0.29, 0.717) is 0 Å². The second-order valence-electron chi connectivity index (χ2n) is 3.74. The van der Waals surface area contributed by atoms with E-state index in [1.807, 2.05) is 0 Å². The summed E-state index contributed by atoms with van der Waals surface area (Å²) in [5.41, 5.74) is 4.97. The van der Waals surface area contributed by atoms with Crippen molar-refractivity contribution < 1.29 is 0 Å². The Kier molecular flexibility index (Phi) is 3.70. The summed E-state index contributed by atoms with van der Waals surface area (Å²) in [4.78, 5) is 0. The maximum atomic E-state index is 4.07. The molecule has 74 valence electrons. The van der Waals surface area contributed by atoms with Gasteiger partial charge >= 0.3 is 0 Å². The molecule has 0 amide bonds. The molecule has 0 aliphatic carbocycles. The lowest BCUT2D eigenvalue weighted by atomic mass is 10.0. The van der Waals surface area contributed by atoms with Crippen molar-refractivity contribution in [3.8, 4) is 0 Å². The van der Waals surface area contributed by atoms with E-state index in [4.69, 9.17) is 0 Å². The van der Waals surface area contributed by atoms with Gasteiger partial charge in [0.2, 0.25) is 0 Å². The lowest BCUT2D eigenvalue weighted by Crippen LogP contribution is -1.81. The SMILES string of the molecule is C=C(/C=C(/C)CC)c1ccc(C)cc1. The van der Waals surface area contributed by atoms with E-state index in [9.17, 15) is 0 Å². The Morgan fingerprint density at radius 1 is 1.29 bits per heavy atom. The quantitative estimate of drug-likeness (QED) is 0.615. The molecule has 0 N–H and O–H groups in total. The van der Waals surface area contributed by atoms with E-state index < -0.39 is 0 Å². The number of hydrogen-bond acceptors (Lipinski definition) is 0. The Morgan fingerprint density at radius 2 is 1.86 bits per heavy atom. The van der Waals surface area contributed by atoms with Crippen molar-refractivity contribution in [1.82, 2.24) is 0 Å². The number of hydrogen-bond donors (Lipinski definition) is 0. The molecule has 1 aromatic rings.